The van der Waals surface area contributed by atoms with Crippen molar-refractivity contribution >= 4 is 5.91 Å². The van der Waals surface area contributed by atoms with Crippen molar-refractivity contribution in [3.8, 4) is 11.5 Å². The smallest absolute Gasteiger partial charge is 0.253 e. The van der Waals surface area contributed by atoms with Gasteiger partial charge in [0.1, 0.15) is 11.9 Å². The van der Waals surface area contributed by atoms with Gasteiger partial charge in [0.25, 0.3) is 5.91 Å². The Balaban J connectivity index is 2.06. The zero-order chi connectivity index (χ0) is 18.5. The van der Waals surface area contributed by atoms with Gasteiger partial charge in [0.05, 0.1) is 19.8 Å². The third kappa shape index (κ3) is 3.37. The van der Waals surface area contributed by atoms with Gasteiger partial charge in [-0.3, -0.25) is 9.78 Å². The molecule has 0 fully saturated rings. The van der Waals surface area contributed by atoms with Crippen LogP contribution in [-0.4, -0.2) is 34.7 Å². The van der Waals surface area contributed by atoms with Gasteiger partial charge in [0.2, 0.25) is 0 Å². The van der Waals surface area contributed by atoms with E-state index in [0.29, 0.717) is 22.9 Å². The summed E-state index contributed by atoms with van der Waals surface area (Å²) in [7, 11) is 5.02. The van der Waals surface area contributed by atoms with Crippen molar-refractivity contribution in [2.24, 2.45) is 7.05 Å². The number of para-hydroxylation sites is 1. The van der Waals surface area contributed by atoms with Crippen molar-refractivity contribution in [2.45, 2.75) is 6.04 Å². The molecule has 0 aliphatic heterocycles. The number of nitrogens with one attached hydrogen (secondary N) is 1. The van der Waals surface area contributed by atoms with E-state index >= 15 is 0 Å². The maximum atomic E-state index is 12.7. The molecule has 3 rings (SSSR count). The molecule has 0 aliphatic carbocycles. The molecule has 134 valence electrons. The third-order valence-electron chi connectivity index (χ3n) is 4.06. The Hall–Kier alpha value is -3.35. The van der Waals surface area contributed by atoms with Crippen molar-refractivity contribution in [1.29, 1.82) is 0 Å². The Bertz CT molecular complexity index is 893. The van der Waals surface area contributed by atoms with Gasteiger partial charge >= 0.3 is 0 Å². The number of imidazole rings is 1. The van der Waals surface area contributed by atoms with Crippen LogP contribution in [0, 0.1) is 0 Å². The lowest BCUT2D eigenvalue weighted by atomic mass is 10.0. The highest BCUT2D eigenvalue weighted by molar-refractivity contribution is 5.94. The van der Waals surface area contributed by atoms with Crippen LogP contribution in [0.4, 0.5) is 0 Å². The van der Waals surface area contributed by atoms with E-state index < -0.39 is 6.04 Å². The molecule has 1 aromatic carbocycles. The molecule has 2 heterocycles. The largest absolute Gasteiger partial charge is 0.493 e. The van der Waals surface area contributed by atoms with Crippen LogP contribution in [0.1, 0.15) is 27.8 Å². The van der Waals surface area contributed by atoms with E-state index in [-0.39, 0.29) is 5.91 Å². The summed E-state index contributed by atoms with van der Waals surface area (Å²) in [6.07, 6.45) is 6.65. The van der Waals surface area contributed by atoms with Crippen molar-refractivity contribution < 1.29 is 14.3 Å². The number of hydrogen-bond donors (Lipinski definition) is 1. The van der Waals surface area contributed by atoms with Gasteiger partial charge in [-0.1, -0.05) is 12.1 Å². The van der Waals surface area contributed by atoms with Crippen LogP contribution in [0.3, 0.4) is 0 Å². The Morgan fingerprint density at radius 3 is 2.62 bits per heavy atom. The average molecular weight is 352 g/mol. The molecule has 26 heavy (non-hydrogen) atoms. The molecule has 2 aromatic heterocycles. The number of nitrogens with zero attached hydrogens (tertiary/aromatic N) is 3. The molecule has 0 radical (unpaired) electrons. The fourth-order valence-corrected chi connectivity index (χ4v) is 2.79. The number of methoxy groups -OCH3 is 2. The van der Waals surface area contributed by atoms with Gasteiger partial charge in [-0.25, -0.2) is 4.98 Å². The second-order valence-corrected chi connectivity index (χ2v) is 5.63. The first-order valence-corrected chi connectivity index (χ1v) is 8.04. The zero-order valence-electron chi connectivity index (χ0n) is 14.8. The number of pyridine rings is 1. The van der Waals surface area contributed by atoms with Crippen LogP contribution in [0.2, 0.25) is 0 Å². The number of carbonyl (C=O) groups excluding carboxylic acids is 1. The number of amides is 1. The fraction of sp³-hybridized carbons (Fsp3) is 0.211. The van der Waals surface area contributed by atoms with Gasteiger partial charge in [0.15, 0.2) is 11.5 Å². The Labute approximate surface area is 151 Å². The second kappa shape index (κ2) is 7.69. The highest BCUT2D eigenvalue weighted by Gasteiger charge is 2.26. The predicted molar refractivity (Wildman–Crippen MR) is 96.3 cm³/mol. The first kappa shape index (κ1) is 17.5. The van der Waals surface area contributed by atoms with Gasteiger partial charge in [-0.05, 0) is 18.2 Å². The maximum absolute atomic E-state index is 12.7. The number of benzene rings is 1. The van der Waals surface area contributed by atoms with Crippen molar-refractivity contribution in [3.05, 3.63) is 72.1 Å². The maximum Gasteiger partial charge on any atom is 0.253 e. The standard InChI is InChI=1S/C19H20N4O3/c1-23-11-10-21-18(23)16(22-19(24)13-6-5-9-20-12-13)14-7-4-8-15(25-2)17(14)26-3/h4-12,16H,1-3H3,(H,22,24). The van der Waals surface area contributed by atoms with Gasteiger partial charge in [0, 0.05) is 37.4 Å². The van der Waals surface area contributed by atoms with Crippen LogP contribution < -0.4 is 14.8 Å². The molecule has 3 aromatic rings. The zero-order valence-corrected chi connectivity index (χ0v) is 14.8. The highest BCUT2D eigenvalue weighted by atomic mass is 16.5. The Morgan fingerprint density at radius 2 is 2.00 bits per heavy atom. The number of ether oxygens (including phenoxy) is 2. The van der Waals surface area contributed by atoms with Crippen LogP contribution in [0.5, 0.6) is 11.5 Å². The molecule has 1 N–H and O–H groups in total. The summed E-state index contributed by atoms with van der Waals surface area (Å²) in [5.74, 6) is 1.55. The molecule has 0 saturated carbocycles. The minimum atomic E-state index is -0.521. The number of aromatic nitrogens is 3. The minimum Gasteiger partial charge on any atom is -0.493 e. The van der Waals surface area contributed by atoms with Crippen LogP contribution in [-0.2, 0) is 7.05 Å². The van der Waals surface area contributed by atoms with Crippen LogP contribution in [0.15, 0.2) is 55.1 Å². The molecular formula is C19H20N4O3. The average Bonchev–Trinajstić information content (AvgIpc) is 3.11. The van der Waals surface area contributed by atoms with Gasteiger partial charge in [-0.15, -0.1) is 0 Å². The summed E-state index contributed by atoms with van der Waals surface area (Å²) >= 11 is 0. The molecule has 0 spiro atoms. The Morgan fingerprint density at radius 1 is 1.15 bits per heavy atom. The topological polar surface area (TPSA) is 78.3 Å². The van der Waals surface area contributed by atoms with E-state index in [9.17, 15) is 4.79 Å². The van der Waals surface area contributed by atoms with E-state index in [1.165, 1.54) is 6.20 Å². The Kier molecular flexibility index (Phi) is 5.17. The van der Waals surface area contributed by atoms with Gasteiger partial charge < -0.3 is 19.4 Å². The normalized spacial score (nSPS) is 11.7. The summed E-state index contributed by atoms with van der Waals surface area (Å²) in [5.41, 5.74) is 1.21. The number of rotatable bonds is 6. The minimum absolute atomic E-state index is 0.254. The highest BCUT2D eigenvalue weighted by Crippen LogP contribution is 2.36. The van der Waals surface area contributed by atoms with Crippen molar-refractivity contribution in [2.75, 3.05) is 14.2 Å². The molecule has 0 bridgehead atoms. The number of carbonyl (C=O) groups is 1. The SMILES string of the molecule is COc1cccc(C(NC(=O)c2cccnc2)c2nccn2C)c1OC. The number of aryl methyl sites for hydroxylation is 1. The van der Waals surface area contributed by atoms with E-state index in [0.717, 1.165) is 5.56 Å². The summed E-state index contributed by atoms with van der Waals surface area (Å²) in [6.45, 7) is 0. The summed E-state index contributed by atoms with van der Waals surface area (Å²) in [4.78, 5) is 21.1. The number of hydrogen-bond acceptors (Lipinski definition) is 5. The molecule has 7 heteroatoms. The van der Waals surface area contributed by atoms with E-state index in [1.54, 1.807) is 44.8 Å². The van der Waals surface area contributed by atoms with Crippen molar-refractivity contribution in [1.82, 2.24) is 19.9 Å². The quantitative estimate of drug-likeness (QED) is 0.737. The lowest BCUT2D eigenvalue weighted by molar-refractivity contribution is 0.0940. The lowest BCUT2D eigenvalue weighted by Crippen LogP contribution is -2.31. The van der Waals surface area contributed by atoms with Crippen molar-refractivity contribution in [3.63, 3.8) is 0 Å². The first-order valence-electron chi connectivity index (χ1n) is 8.04. The van der Waals surface area contributed by atoms with E-state index in [4.69, 9.17) is 9.47 Å². The molecule has 1 unspecified atom stereocenters. The molecule has 7 nitrogen and oxygen atoms in total. The molecule has 0 saturated heterocycles. The van der Waals surface area contributed by atoms with E-state index in [2.05, 4.69) is 15.3 Å². The van der Waals surface area contributed by atoms with Gasteiger partial charge in [-0.2, -0.15) is 0 Å². The van der Waals surface area contributed by atoms with E-state index in [1.807, 2.05) is 29.9 Å². The summed E-state index contributed by atoms with van der Waals surface area (Å²) in [5, 5.41) is 3.02. The lowest BCUT2D eigenvalue weighted by Gasteiger charge is -2.22. The fourth-order valence-electron chi connectivity index (χ4n) is 2.79. The molecule has 1 amide bonds. The first-order chi connectivity index (χ1) is 12.7. The summed E-state index contributed by atoms with van der Waals surface area (Å²) < 4.78 is 12.8. The second-order valence-electron chi connectivity index (χ2n) is 5.63. The monoisotopic (exact) mass is 352 g/mol. The molecule has 1 atom stereocenters. The molecular weight excluding hydrogens is 332 g/mol. The summed E-state index contributed by atoms with van der Waals surface area (Å²) in [6, 6.07) is 8.44. The predicted octanol–water partition coefficient (Wildman–Crippen LogP) is 2.35. The third-order valence-corrected chi connectivity index (χ3v) is 4.06. The van der Waals surface area contributed by atoms with Crippen LogP contribution >= 0.6 is 0 Å². The molecule has 0 aliphatic rings. The van der Waals surface area contributed by atoms with Crippen LogP contribution in [0.25, 0.3) is 0 Å².